The van der Waals surface area contributed by atoms with Crippen LogP contribution < -0.4 is 10.6 Å². The fraction of sp³-hybridized carbons (Fsp3) is 0.278. The monoisotopic (exact) mass is 360 g/mol. The van der Waals surface area contributed by atoms with E-state index in [1.165, 1.54) is 18.3 Å². The minimum atomic E-state index is -0.376. The molecule has 1 aromatic heterocycles. The lowest BCUT2D eigenvalue weighted by atomic mass is 10.1. The first-order valence-electron chi connectivity index (χ1n) is 7.83. The van der Waals surface area contributed by atoms with Gasteiger partial charge in [-0.05, 0) is 43.2 Å². The van der Waals surface area contributed by atoms with Gasteiger partial charge in [0, 0.05) is 12.6 Å². The Morgan fingerprint density at radius 1 is 1.12 bits per heavy atom. The normalized spacial score (nSPS) is 10.2. The molecule has 1 aromatic carbocycles. The quantitative estimate of drug-likeness (QED) is 0.774. The Bertz CT molecular complexity index is 781. The third kappa shape index (κ3) is 5.42. The van der Waals surface area contributed by atoms with Gasteiger partial charge in [0.05, 0.1) is 18.0 Å². The lowest BCUT2D eigenvalue weighted by Gasteiger charge is -2.05. The SMILES string of the molecule is CCOC(=O)c1sc(NC(=O)Cc2ccc(NC(C)=O)cc2)cc1C. The summed E-state index contributed by atoms with van der Waals surface area (Å²) in [7, 11) is 0. The van der Waals surface area contributed by atoms with Gasteiger partial charge in [-0.3, -0.25) is 9.59 Å². The molecule has 0 atom stereocenters. The number of anilines is 2. The smallest absolute Gasteiger partial charge is 0.348 e. The van der Waals surface area contributed by atoms with Crippen LogP contribution in [0.25, 0.3) is 0 Å². The summed E-state index contributed by atoms with van der Waals surface area (Å²) in [4.78, 5) is 35.5. The molecule has 25 heavy (non-hydrogen) atoms. The standard InChI is InChI=1S/C18H20N2O4S/c1-4-24-18(23)17-11(2)9-16(25-17)20-15(22)10-13-5-7-14(8-6-13)19-12(3)21/h5-9H,4,10H2,1-3H3,(H,19,21)(H,20,22). The number of amides is 2. The zero-order valence-electron chi connectivity index (χ0n) is 14.3. The minimum absolute atomic E-state index is 0.143. The Labute approximate surface area is 150 Å². The maximum absolute atomic E-state index is 12.2. The van der Waals surface area contributed by atoms with Gasteiger partial charge in [0.2, 0.25) is 11.8 Å². The average Bonchev–Trinajstić information content (AvgIpc) is 2.89. The third-order valence-corrected chi connectivity index (χ3v) is 4.41. The predicted octanol–water partition coefficient (Wildman–Crippen LogP) is 3.37. The fourth-order valence-electron chi connectivity index (χ4n) is 2.22. The molecule has 0 spiro atoms. The molecule has 2 rings (SSSR count). The van der Waals surface area contributed by atoms with Crippen molar-refractivity contribution in [3.63, 3.8) is 0 Å². The van der Waals surface area contributed by atoms with Crippen molar-refractivity contribution in [1.82, 2.24) is 0 Å². The van der Waals surface area contributed by atoms with Gasteiger partial charge in [-0.2, -0.15) is 0 Å². The first-order valence-corrected chi connectivity index (χ1v) is 8.64. The molecule has 6 nitrogen and oxygen atoms in total. The number of esters is 1. The molecule has 132 valence electrons. The number of ether oxygens (including phenoxy) is 1. The number of thiophene rings is 1. The first-order chi connectivity index (χ1) is 11.9. The summed E-state index contributed by atoms with van der Waals surface area (Å²) in [6.07, 6.45) is 0.200. The number of hydrogen-bond acceptors (Lipinski definition) is 5. The van der Waals surface area contributed by atoms with Crippen LogP contribution in [-0.2, 0) is 20.7 Å². The lowest BCUT2D eigenvalue weighted by molar-refractivity contribution is -0.116. The van der Waals surface area contributed by atoms with Crippen molar-refractivity contribution in [2.24, 2.45) is 0 Å². The highest BCUT2D eigenvalue weighted by atomic mass is 32.1. The molecule has 0 saturated carbocycles. The van der Waals surface area contributed by atoms with Crippen molar-refractivity contribution in [3.8, 4) is 0 Å². The number of carbonyl (C=O) groups is 3. The number of rotatable bonds is 6. The van der Waals surface area contributed by atoms with Crippen LogP contribution in [0.15, 0.2) is 30.3 Å². The van der Waals surface area contributed by atoms with E-state index < -0.39 is 0 Å². The molecule has 1 heterocycles. The highest BCUT2D eigenvalue weighted by molar-refractivity contribution is 7.18. The van der Waals surface area contributed by atoms with Gasteiger partial charge >= 0.3 is 5.97 Å². The van der Waals surface area contributed by atoms with E-state index in [9.17, 15) is 14.4 Å². The maximum Gasteiger partial charge on any atom is 0.348 e. The van der Waals surface area contributed by atoms with Crippen molar-refractivity contribution >= 4 is 39.8 Å². The first kappa shape index (κ1) is 18.7. The Morgan fingerprint density at radius 3 is 2.40 bits per heavy atom. The van der Waals surface area contributed by atoms with Gasteiger partial charge in [0.15, 0.2) is 0 Å². The topological polar surface area (TPSA) is 84.5 Å². The zero-order valence-corrected chi connectivity index (χ0v) is 15.2. The van der Waals surface area contributed by atoms with Gasteiger partial charge in [-0.25, -0.2) is 4.79 Å². The predicted molar refractivity (Wildman–Crippen MR) is 98.1 cm³/mol. The van der Waals surface area contributed by atoms with Crippen LogP contribution in [0.4, 0.5) is 10.7 Å². The van der Waals surface area contributed by atoms with Crippen molar-refractivity contribution < 1.29 is 19.1 Å². The van der Waals surface area contributed by atoms with E-state index in [2.05, 4.69) is 10.6 Å². The van der Waals surface area contributed by atoms with Crippen molar-refractivity contribution in [1.29, 1.82) is 0 Å². The largest absolute Gasteiger partial charge is 0.462 e. The summed E-state index contributed by atoms with van der Waals surface area (Å²) >= 11 is 1.20. The molecule has 0 aliphatic heterocycles. The van der Waals surface area contributed by atoms with Crippen molar-refractivity contribution in [2.45, 2.75) is 27.2 Å². The summed E-state index contributed by atoms with van der Waals surface area (Å²) < 4.78 is 4.99. The number of benzene rings is 1. The molecular weight excluding hydrogens is 340 g/mol. The van der Waals surface area contributed by atoms with Gasteiger partial charge in [0.25, 0.3) is 0 Å². The second-order valence-electron chi connectivity index (χ2n) is 5.45. The van der Waals surface area contributed by atoms with Gasteiger partial charge in [-0.1, -0.05) is 12.1 Å². The Kier molecular flexibility index (Phi) is 6.30. The summed E-state index contributed by atoms with van der Waals surface area (Å²) in [5, 5.41) is 6.08. The van der Waals surface area contributed by atoms with Crippen LogP contribution in [0.2, 0.25) is 0 Å². The van der Waals surface area contributed by atoms with Gasteiger partial charge in [-0.15, -0.1) is 11.3 Å². The molecule has 0 aliphatic carbocycles. The highest BCUT2D eigenvalue weighted by Crippen LogP contribution is 2.27. The summed E-state index contributed by atoms with van der Waals surface area (Å²) in [6.45, 7) is 5.31. The van der Waals surface area contributed by atoms with Crippen molar-refractivity contribution in [2.75, 3.05) is 17.2 Å². The number of carbonyl (C=O) groups excluding carboxylic acids is 3. The Morgan fingerprint density at radius 2 is 1.80 bits per heavy atom. The molecule has 0 bridgehead atoms. The van der Waals surface area contributed by atoms with E-state index in [-0.39, 0.29) is 24.2 Å². The average molecular weight is 360 g/mol. The molecule has 0 saturated heterocycles. The molecule has 2 amide bonds. The molecular formula is C18H20N2O4S. The summed E-state index contributed by atoms with van der Waals surface area (Å²) in [5.74, 6) is -0.695. The van der Waals surface area contributed by atoms with E-state index >= 15 is 0 Å². The Hall–Kier alpha value is -2.67. The summed E-state index contributed by atoms with van der Waals surface area (Å²) in [5.41, 5.74) is 2.29. The summed E-state index contributed by atoms with van der Waals surface area (Å²) in [6, 6.07) is 8.83. The van der Waals surface area contributed by atoms with E-state index in [4.69, 9.17) is 4.74 Å². The third-order valence-electron chi connectivity index (χ3n) is 3.28. The molecule has 2 N–H and O–H groups in total. The minimum Gasteiger partial charge on any atom is -0.462 e. The van der Waals surface area contributed by atoms with Gasteiger partial charge < -0.3 is 15.4 Å². The van der Waals surface area contributed by atoms with Crippen LogP contribution in [0, 0.1) is 6.92 Å². The second kappa shape index (κ2) is 8.43. The van der Waals surface area contributed by atoms with E-state index in [0.717, 1.165) is 11.1 Å². The van der Waals surface area contributed by atoms with Crippen molar-refractivity contribution in [3.05, 3.63) is 46.3 Å². The molecule has 0 aliphatic rings. The molecule has 0 unspecified atom stereocenters. The van der Waals surface area contributed by atoms with Gasteiger partial charge in [0.1, 0.15) is 4.88 Å². The molecule has 7 heteroatoms. The van der Waals surface area contributed by atoms with Crippen LogP contribution in [0.3, 0.4) is 0 Å². The number of aryl methyl sites for hydroxylation is 1. The fourth-order valence-corrected chi connectivity index (χ4v) is 3.20. The van der Waals surface area contributed by atoms with Crippen LogP contribution >= 0.6 is 11.3 Å². The second-order valence-corrected chi connectivity index (χ2v) is 6.50. The highest BCUT2D eigenvalue weighted by Gasteiger charge is 2.16. The number of nitrogens with one attached hydrogen (secondary N) is 2. The zero-order chi connectivity index (χ0) is 18.4. The van der Waals surface area contributed by atoms with E-state index in [1.807, 2.05) is 0 Å². The lowest BCUT2D eigenvalue weighted by Crippen LogP contribution is -2.13. The number of hydrogen-bond donors (Lipinski definition) is 2. The van der Waals surface area contributed by atoms with Crippen LogP contribution in [-0.4, -0.2) is 24.4 Å². The molecule has 0 fully saturated rings. The van der Waals surface area contributed by atoms with Crippen LogP contribution in [0.5, 0.6) is 0 Å². The van der Waals surface area contributed by atoms with Crippen LogP contribution in [0.1, 0.15) is 34.6 Å². The van der Waals surface area contributed by atoms with E-state index in [0.29, 0.717) is 22.2 Å². The Balaban J connectivity index is 1.97. The maximum atomic E-state index is 12.2. The molecule has 2 aromatic rings. The van der Waals surface area contributed by atoms with E-state index in [1.54, 1.807) is 44.2 Å². The molecule has 0 radical (unpaired) electrons.